The van der Waals surface area contributed by atoms with Gasteiger partial charge in [-0.3, -0.25) is 4.79 Å². The van der Waals surface area contributed by atoms with Crippen LogP contribution in [-0.2, 0) is 12.8 Å². The number of carbonyl (C=O) groups is 1. The number of amides is 1. The molecule has 2 aliphatic rings. The Balaban J connectivity index is 1.48. The third kappa shape index (κ3) is 3.34. The van der Waals surface area contributed by atoms with Gasteiger partial charge in [-0.25, -0.2) is 0 Å². The minimum atomic E-state index is -0.0952. The lowest BCUT2D eigenvalue weighted by molar-refractivity contribution is 0.0938. The minimum Gasteiger partial charge on any atom is -0.486 e. The molecule has 2 aromatic carbocycles. The van der Waals surface area contributed by atoms with E-state index in [0.717, 1.165) is 12.0 Å². The van der Waals surface area contributed by atoms with Crippen LogP contribution in [0.5, 0.6) is 11.5 Å². The topological polar surface area (TPSA) is 47.6 Å². The molecule has 1 unspecified atom stereocenters. The molecule has 1 atom stereocenters. The van der Waals surface area contributed by atoms with E-state index in [1.54, 1.807) is 18.2 Å². The standard InChI is InChI=1S/C21H23NO3/c1-14(16-7-6-15-4-2-3-5-17(15)12-16)22-21(23)18-8-9-19-20(13-18)25-11-10-24-19/h6-9,12-14H,2-5,10-11H2,1H3,(H,22,23). The molecule has 0 radical (unpaired) electrons. The van der Waals surface area contributed by atoms with Crippen LogP contribution in [0.4, 0.5) is 0 Å². The molecule has 1 aliphatic heterocycles. The average Bonchev–Trinajstić information content (AvgIpc) is 2.67. The van der Waals surface area contributed by atoms with Gasteiger partial charge in [-0.05, 0) is 67.5 Å². The smallest absolute Gasteiger partial charge is 0.251 e. The van der Waals surface area contributed by atoms with E-state index in [0.29, 0.717) is 30.3 Å². The fourth-order valence-corrected chi connectivity index (χ4v) is 3.57. The molecule has 1 aliphatic carbocycles. The van der Waals surface area contributed by atoms with Crippen molar-refractivity contribution < 1.29 is 14.3 Å². The second-order valence-electron chi connectivity index (χ2n) is 6.79. The van der Waals surface area contributed by atoms with Crippen molar-refractivity contribution in [3.63, 3.8) is 0 Å². The minimum absolute atomic E-state index is 0.0343. The second-order valence-corrected chi connectivity index (χ2v) is 6.79. The highest BCUT2D eigenvalue weighted by molar-refractivity contribution is 5.95. The summed E-state index contributed by atoms with van der Waals surface area (Å²) in [6.45, 7) is 3.10. The first-order valence-corrected chi connectivity index (χ1v) is 9.03. The average molecular weight is 337 g/mol. The first-order chi connectivity index (χ1) is 12.2. The molecular weight excluding hydrogens is 314 g/mol. The quantitative estimate of drug-likeness (QED) is 0.926. The molecule has 4 heteroatoms. The Morgan fingerprint density at radius 1 is 0.960 bits per heavy atom. The first-order valence-electron chi connectivity index (χ1n) is 9.03. The first kappa shape index (κ1) is 16.0. The molecule has 1 heterocycles. The van der Waals surface area contributed by atoms with Crippen LogP contribution in [0, 0.1) is 0 Å². The van der Waals surface area contributed by atoms with Crippen LogP contribution in [0.25, 0.3) is 0 Å². The van der Waals surface area contributed by atoms with Crippen LogP contribution in [-0.4, -0.2) is 19.1 Å². The highest BCUT2D eigenvalue weighted by Gasteiger charge is 2.18. The lowest BCUT2D eigenvalue weighted by Crippen LogP contribution is -2.27. The van der Waals surface area contributed by atoms with Crippen LogP contribution in [0.2, 0.25) is 0 Å². The van der Waals surface area contributed by atoms with Gasteiger partial charge in [0.25, 0.3) is 5.91 Å². The van der Waals surface area contributed by atoms with Gasteiger partial charge in [-0.1, -0.05) is 18.2 Å². The summed E-state index contributed by atoms with van der Waals surface area (Å²) in [4.78, 5) is 12.6. The van der Waals surface area contributed by atoms with Gasteiger partial charge in [0.05, 0.1) is 6.04 Å². The molecule has 1 N–H and O–H groups in total. The maximum atomic E-state index is 12.6. The Morgan fingerprint density at radius 3 is 2.56 bits per heavy atom. The van der Waals surface area contributed by atoms with Crippen molar-refractivity contribution >= 4 is 5.91 Å². The number of hydrogen-bond donors (Lipinski definition) is 1. The van der Waals surface area contributed by atoms with E-state index in [9.17, 15) is 4.79 Å². The van der Waals surface area contributed by atoms with E-state index in [4.69, 9.17) is 9.47 Å². The van der Waals surface area contributed by atoms with Gasteiger partial charge < -0.3 is 14.8 Å². The summed E-state index contributed by atoms with van der Waals surface area (Å²) in [7, 11) is 0. The van der Waals surface area contributed by atoms with E-state index in [1.807, 2.05) is 6.92 Å². The number of carbonyl (C=O) groups excluding carboxylic acids is 1. The summed E-state index contributed by atoms with van der Waals surface area (Å²) in [5, 5.41) is 3.09. The van der Waals surface area contributed by atoms with Crippen LogP contribution in [0.1, 0.15) is 52.9 Å². The third-order valence-electron chi connectivity index (χ3n) is 5.02. The fraction of sp³-hybridized carbons (Fsp3) is 0.381. The number of ether oxygens (including phenoxy) is 2. The zero-order valence-electron chi connectivity index (χ0n) is 14.5. The number of rotatable bonds is 3. The number of benzene rings is 2. The molecular formula is C21H23NO3. The number of hydrogen-bond acceptors (Lipinski definition) is 3. The van der Waals surface area contributed by atoms with Crippen molar-refractivity contribution in [1.29, 1.82) is 0 Å². The van der Waals surface area contributed by atoms with Crippen molar-refractivity contribution in [1.82, 2.24) is 5.32 Å². The van der Waals surface area contributed by atoms with Crippen molar-refractivity contribution in [3.05, 3.63) is 58.7 Å². The Labute approximate surface area is 148 Å². The van der Waals surface area contributed by atoms with Gasteiger partial charge in [-0.15, -0.1) is 0 Å². The number of fused-ring (bicyclic) bond motifs is 2. The Kier molecular flexibility index (Phi) is 4.35. The van der Waals surface area contributed by atoms with Crippen LogP contribution < -0.4 is 14.8 Å². The normalized spacial score (nSPS) is 16.7. The molecule has 0 aromatic heterocycles. The highest BCUT2D eigenvalue weighted by Crippen LogP contribution is 2.31. The highest BCUT2D eigenvalue weighted by atomic mass is 16.6. The largest absolute Gasteiger partial charge is 0.486 e. The summed E-state index contributed by atoms with van der Waals surface area (Å²) < 4.78 is 11.1. The molecule has 4 rings (SSSR count). The summed E-state index contributed by atoms with van der Waals surface area (Å²) in [5.74, 6) is 1.24. The maximum Gasteiger partial charge on any atom is 0.251 e. The molecule has 130 valence electrons. The van der Waals surface area contributed by atoms with Crippen LogP contribution in [0.3, 0.4) is 0 Å². The molecule has 4 nitrogen and oxygen atoms in total. The van der Waals surface area contributed by atoms with E-state index in [1.165, 1.54) is 30.4 Å². The zero-order valence-corrected chi connectivity index (χ0v) is 14.5. The van der Waals surface area contributed by atoms with E-state index >= 15 is 0 Å². The number of aryl methyl sites for hydroxylation is 2. The molecule has 1 amide bonds. The second kappa shape index (κ2) is 6.79. The molecule has 25 heavy (non-hydrogen) atoms. The van der Waals surface area contributed by atoms with Crippen molar-refractivity contribution in [2.24, 2.45) is 0 Å². The van der Waals surface area contributed by atoms with Crippen molar-refractivity contribution in [2.45, 2.75) is 38.6 Å². The Hall–Kier alpha value is -2.49. The van der Waals surface area contributed by atoms with E-state index < -0.39 is 0 Å². The van der Waals surface area contributed by atoms with E-state index in [2.05, 4.69) is 23.5 Å². The van der Waals surface area contributed by atoms with E-state index in [-0.39, 0.29) is 11.9 Å². The SMILES string of the molecule is CC(NC(=O)c1ccc2c(c1)OCCO2)c1ccc2c(c1)CCCC2. The van der Waals surface area contributed by atoms with Crippen LogP contribution in [0.15, 0.2) is 36.4 Å². The summed E-state index contributed by atoms with van der Waals surface area (Å²) in [6, 6.07) is 11.9. The zero-order chi connectivity index (χ0) is 17.2. The maximum absolute atomic E-state index is 12.6. The van der Waals surface area contributed by atoms with Gasteiger partial charge >= 0.3 is 0 Å². The predicted octanol–water partition coefficient (Wildman–Crippen LogP) is 3.83. The van der Waals surface area contributed by atoms with Gasteiger partial charge in [0.1, 0.15) is 13.2 Å². The Morgan fingerprint density at radius 2 is 1.72 bits per heavy atom. The van der Waals surface area contributed by atoms with Gasteiger partial charge in [0.2, 0.25) is 0 Å². The van der Waals surface area contributed by atoms with Crippen molar-refractivity contribution in [3.8, 4) is 11.5 Å². The van der Waals surface area contributed by atoms with Gasteiger partial charge in [0.15, 0.2) is 11.5 Å². The molecule has 0 saturated heterocycles. The Bertz CT molecular complexity index is 800. The molecule has 0 saturated carbocycles. The molecule has 2 aromatic rings. The monoisotopic (exact) mass is 337 g/mol. The van der Waals surface area contributed by atoms with Crippen molar-refractivity contribution in [2.75, 3.05) is 13.2 Å². The lowest BCUT2D eigenvalue weighted by Gasteiger charge is -2.21. The predicted molar refractivity (Wildman–Crippen MR) is 96.4 cm³/mol. The summed E-state index contributed by atoms with van der Waals surface area (Å²) in [6.07, 6.45) is 4.86. The van der Waals surface area contributed by atoms with Gasteiger partial charge in [-0.2, -0.15) is 0 Å². The molecule has 0 fully saturated rings. The third-order valence-corrected chi connectivity index (χ3v) is 5.02. The fourth-order valence-electron chi connectivity index (χ4n) is 3.57. The van der Waals surface area contributed by atoms with Crippen LogP contribution >= 0.6 is 0 Å². The summed E-state index contributed by atoms with van der Waals surface area (Å²) in [5.41, 5.74) is 4.64. The lowest BCUT2D eigenvalue weighted by atomic mass is 9.89. The molecule has 0 spiro atoms. The molecule has 0 bridgehead atoms. The summed E-state index contributed by atoms with van der Waals surface area (Å²) >= 11 is 0. The van der Waals surface area contributed by atoms with Gasteiger partial charge in [0, 0.05) is 5.56 Å². The number of nitrogens with one attached hydrogen (secondary N) is 1.